The Bertz CT molecular complexity index is 256. The van der Waals surface area contributed by atoms with Crippen LogP contribution in [0.25, 0.3) is 0 Å². The highest BCUT2D eigenvalue weighted by atomic mass is 16.6. The zero-order chi connectivity index (χ0) is 13.0. The van der Waals surface area contributed by atoms with Crippen LogP contribution in [0.4, 0.5) is 0 Å². The molecular formula is C14H28N2O2. The molecule has 3 atom stereocenters. The minimum absolute atomic E-state index is 0.251. The van der Waals surface area contributed by atoms with E-state index < -0.39 is 0 Å². The molecule has 18 heavy (non-hydrogen) atoms. The fraction of sp³-hybridized carbons (Fsp3) is 1.00. The number of nitrogens with zero attached hydrogens (tertiary/aromatic N) is 1. The van der Waals surface area contributed by atoms with E-state index in [0.29, 0.717) is 6.04 Å². The SMILES string of the molecule is CCC1CNC(C)(CC)CN1CC1COCCO1. The molecule has 2 fully saturated rings. The smallest absolute Gasteiger partial charge is 0.0936 e. The molecule has 3 unspecified atom stereocenters. The molecule has 2 rings (SSSR count). The number of ether oxygens (including phenoxy) is 2. The second-order valence-electron chi connectivity index (χ2n) is 5.85. The van der Waals surface area contributed by atoms with Crippen LogP contribution in [-0.2, 0) is 9.47 Å². The van der Waals surface area contributed by atoms with Gasteiger partial charge < -0.3 is 14.8 Å². The van der Waals surface area contributed by atoms with E-state index in [1.807, 2.05) is 0 Å². The molecule has 2 saturated heterocycles. The number of rotatable bonds is 4. The molecule has 0 aromatic rings. The van der Waals surface area contributed by atoms with Crippen LogP contribution in [0, 0.1) is 0 Å². The molecule has 2 aliphatic rings. The van der Waals surface area contributed by atoms with Gasteiger partial charge in [-0.3, -0.25) is 4.90 Å². The lowest BCUT2D eigenvalue weighted by Gasteiger charge is -2.47. The number of nitrogens with one attached hydrogen (secondary N) is 1. The van der Waals surface area contributed by atoms with E-state index in [4.69, 9.17) is 9.47 Å². The Balaban J connectivity index is 1.93. The van der Waals surface area contributed by atoms with Gasteiger partial charge in [0.15, 0.2) is 0 Å². The molecule has 0 aromatic carbocycles. The maximum atomic E-state index is 5.79. The van der Waals surface area contributed by atoms with Gasteiger partial charge in [-0.15, -0.1) is 0 Å². The van der Waals surface area contributed by atoms with Crippen LogP contribution < -0.4 is 5.32 Å². The van der Waals surface area contributed by atoms with Gasteiger partial charge in [0.2, 0.25) is 0 Å². The van der Waals surface area contributed by atoms with Gasteiger partial charge >= 0.3 is 0 Å². The highest BCUT2D eigenvalue weighted by molar-refractivity contribution is 4.94. The summed E-state index contributed by atoms with van der Waals surface area (Å²) in [6.07, 6.45) is 2.62. The summed E-state index contributed by atoms with van der Waals surface area (Å²) in [6, 6.07) is 0.634. The Hall–Kier alpha value is -0.160. The van der Waals surface area contributed by atoms with E-state index in [9.17, 15) is 0 Å². The fourth-order valence-corrected chi connectivity index (χ4v) is 2.88. The Morgan fingerprint density at radius 1 is 1.33 bits per heavy atom. The topological polar surface area (TPSA) is 33.7 Å². The van der Waals surface area contributed by atoms with Crippen LogP contribution in [0.5, 0.6) is 0 Å². The molecule has 2 aliphatic heterocycles. The normalized spacial score (nSPS) is 38.8. The predicted octanol–water partition coefficient (Wildman–Crippen LogP) is 1.25. The molecule has 0 spiro atoms. The number of hydrogen-bond donors (Lipinski definition) is 1. The fourth-order valence-electron chi connectivity index (χ4n) is 2.88. The molecule has 2 heterocycles. The van der Waals surface area contributed by atoms with Crippen molar-refractivity contribution >= 4 is 0 Å². The van der Waals surface area contributed by atoms with Gasteiger partial charge in [-0.1, -0.05) is 13.8 Å². The Kier molecular flexibility index (Phi) is 5.01. The zero-order valence-corrected chi connectivity index (χ0v) is 12.1. The lowest BCUT2D eigenvalue weighted by molar-refractivity contribution is -0.105. The van der Waals surface area contributed by atoms with E-state index >= 15 is 0 Å². The van der Waals surface area contributed by atoms with Gasteiger partial charge in [0.1, 0.15) is 0 Å². The molecule has 4 nitrogen and oxygen atoms in total. The van der Waals surface area contributed by atoms with E-state index in [0.717, 1.165) is 39.5 Å². The van der Waals surface area contributed by atoms with Crippen LogP contribution in [0.15, 0.2) is 0 Å². The molecule has 0 aromatic heterocycles. The molecule has 106 valence electrons. The van der Waals surface area contributed by atoms with Crippen molar-refractivity contribution in [2.24, 2.45) is 0 Å². The van der Waals surface area contributed by atoms with Crippen LogP contribution in [0.3, 0.4) is 0 Å². The summed E-state index contributed by atoms with van der Waals surface area (Å²) < 4.78 is 11.3. The van der Waals surface area contributed by atoms with Crippen molar-refractivity contribution in [3.8, 4) is 0 Å². The lowest BCUT2D eigenvalue weighted by atomic mass is 9.92. The largest absolute Gasteiger partial charge is 0.376 e. The summed E-state index contributed by atoms with van der Waals surface area (Å²) in [5, 5.41) is 3.70. The molecular weight excluding hydrogens is 228 g/mol. The van der Waals surface area contributed by atoms with Crippen molar-refractivity contribution in [3.63, 3.8) is 0 Å². The minimum Gasteiger partial charge on any atom is -0.376 e. The summed E-state index contributed by atoms with van der Waals surface area (Å²) in [6.45, 7) is 12.3. The van der Waals surface area contributed by atoms with E-state index in [2.05, 4.69) is 31.0 Å². The monoisotopic (exact) mass is 256 g/mol. The maximum Gasteiger partial charge on any atom is 0.0936 e. The van der Waals surface area contributed by atoms with E-state index in [-0.39, 0.29) is 11.6 Å². The van der Waals surface area contributed by atoms with Crippen LogP contribution >= 0.6 is 0 Å². The van der Waals surface area contributed by atoms with Crippen molar-refractivity contribution in [1.82, 2.24) is 10.2 Å². The molecule has 0 amide bonds. The van der Waals surface area contributed by atoms with Gasteiger partial charge in [-0.25, -0.2) is 0 Å². The minimum atomic E-state index is 0.251. The van der Waals surface area contributed by atoms with Gasteiger partial charge in [0.25, 0.3) is 0 Å². The standard InChI is InChI=1S/C14H28N2O2/c1-4-12-8-15-14(3,5-2)11-16(12)9-13-10-17-6-7-18-13/h12-13,15H,4-11H2,1-3H3. The zero-order valence-electron chi connectivity index (χ0n) is 12.1. The third-order valence-electron chi connectivity index (χ3n) is 4.41. The molecule has 0 bridgehead atoms. The molecule has 0 saturated carbocycles. The van der Waals surface area contributed by atoms with Crippen LogP contribution in [0.1, 0.15) is 33.6 Å². The highest BCUT2D eigenvalue weighted by Crippen LogP contribution is 2.21. The average molecular weight is 256 g/mol. The quantitative estimate of drug-likeness (QED) is 0.821. The molecule has 1 N–H and O–H groups in total. The first-order valence-electron chi connectivity index (χ1n) is 7.35. The summed E-state index contributed by atoms with van der Waals surface area (Å²) in [5.41, 5.74) is 0.251. The lowest BCUT2D eigenvalue weighted by Crippen LogP contribution is -2.63. The van der Waals surface area contributed by atoms with Crippen molar-refractivity contribution in [1.29, 1.82) is 0 Å². The Labute approximate surface area is 111 Å². The first-order valence-corrected chi connectivity index (χ1v) is 7.35. The van der Waals surface area contributed by atoms with Gasteiger partial charge in [-0.05, 0) is 19.8 Å². The van der Waals surface area contributed by atoms with Crippen molar-refractivity contribution in [3.05, 3.63) is 0 Å². The Morgan fingerprint density at radius 3 is 2.78 bits per heavy atom. The second-order valence-corrected chi connectivity index (χ2v) is 5.85. The van der Waals surface area contributed by atoms with E-state index in [1.165, 1.54) is 12.8 Å². The van der Waals surface area contributed by atoms with Gasteiger partial charge in [0, 0.05) is 31.2 Å². The van der Waals surface area contributed by atoms with Crippen molar-refractivity contribution in [2.45, 2.75) is 51.3 Å². The first-order chi connectivity index (χ1) is 8.67. The summed E-state index contributed by atoms with van der Waals surface area (Å²) in [5.74, 6) is 0. The molecule has 0 aliphatic carbocycles. The van der Waals surface area contributed by atoms with Crippen LogP contribution in [-0.4, -0.2) is 62.0 Å². The molecule has 4 heteroatoms. The highest BCUT2D eigenvalue weighted by Gasteiger charge is 2.35. The van der Waals surface area contributed by atoms with Gasteiger partial charge in [0.05, 0.1) is 25.9 Å². The van der Waals surface area contributed by atoms with Crippen LogP contribution in [0.2, 0.25) is 0 Å². The summed E-state index contributed by atoms with van der Waals surface area (Å²) in [7, 11) is 0. The third-order valence-corrected chi connectivity index (χ3v) is 4.41. The number of piperazine rings is 1. The number of hydrogen-bond acceptors (Lipinski definition) is 4. The maximum absolute atomic E-state index is 5.79. The third kappa shape index (κ3) is 3.44. The molecule has 0 radical (unpaired) electrons. The van der Waals surface area contributed by atoms with Gasteiger partial charge in [-0.2, -0.15) is 0 Å². The average Bonchev–Trinajstić information content (AvgIpc) is 2.40. The second kappa shape index (κ2) is 6.33. The summed E-state index contributed by atoms with van der Waals surface area (Å²) >= 11 is 0. The first kappa shape index (κ1) is 14.3. The van der Waals surface area contributed by atoms with Crippen molar-refractivity contribution in [2.75, 3.05) is 39.5 Å². The predicted molar refractivity (Wildman–Crippen MR) is 72.9 cm³/mol. The summed E-state index contributed by atoms with van der Waals surface area (Å²) in [4.78, 5) is 2.60. The Morgan fingerprint density at radius 2 is 2.17 bits per heavy atom. The van der Waals surface area contributed by atoms with Crippen molar-refractivity contribution < 1.29 is 9.47 Å². The van der Waals surface area contributed by atoms with E-state index in [1.54, 1.807) is 0 Å².